The van der Waals surface area contributed by atoms with E-state index in [9.17, 15) is 14.4 Å². The van der Waals surface area contributed by atoms with E-state index in [-0.39, 0.29) is 29.2 Å². The van der Waals surface area contributed by atoms with Crippen LogP contribution in [0.2, 0.25) is 0 Å². The van der Waals surface area contributed by atoms with Crippen molar-refractivity contribution < 1.29 is 14.4 Å². The third-order valence-corrected chi connectivity index (χ3v) is 3.66. The second-order valence-electron chi connectivity index (χ2n) is 4.35. The van der Waals surface area contributed by atoms with E-state index in [1.54, 1.807) is 4.90 Å². The molecule has 0 unspecified atom stereocenters. The van der Waals surface area contributed by atoms with Gasteiger partial charge in [0.2, 0.25) is 17.7 Å². The number of carbonyl (C=O) groups is 3. The Morgan fingerprint density at radius 3 is 2.65 bits per heavy atom. The Morgan fingerprint density at radius 1 is 1.30 bits per heavy atom. The van der Waals surface area contributed by atoms with Crippen LogP contribution in [0.5, 0.6) is 0 Å². The number of carbonyl (C=O) groups excluding carboxylic acids is 3. The molecule has 1 heterocycles. The van der Waals surface area contributed by atoms with Crippen LogP contribution in [0.15, 0.2) is 0 Å². The Bertz CT molecular complexity index is 352. The summed E-state index contributed by atoms with van der Waals surface area (Å²) in [6, 6.07) is 0. The maximum absolute atomic E-state index is 11.5. The lowest BCUT2D eigenvalue weighted by Gasteiger charge is -2.27. The van der Waals surface area contributed by atoms with Crippen LogP contribution in [0, 0.1) is 0 Å². The summed E-state index contributed by atoms with van der Waals surface area (Å²) in [7, 11) is 0. The van der Waals surface area contributed by atoms with Crippen LogP contribution in [0.4, 0.5) is 0 Å². The molecule has 0 aromatic rings. The fraction of sp³-hybridized carbons (Fsp3) is 0.750. The zero-order valence-electron chi connectivity index (χ0n) is 11.7. The van der Waals surface area contributed by atoms with Crippen LogP contribution in [-0.4, -0.2) is 73.4 Å². The van der Waals surface area contributed by atoms with Crippen LogP contribution in [0.3, 0.4) is 0 Å². The fourth-order valence-electron chi connectivity index (χ4n) is 1.75. The largest absolute Gasteiger partial charge is 0.356 e. The number of hydrogen-bond acceptors (Lipinski definition) is 5. The molecule has 0 aliphatic carbocycles. The molecule has 1 fully saturated rings. The van der Waals surface area contributed by atoms with E-state index in [4.69, 9.17) is 0 Å². The summed E-state index contributed by atoms with van der Waals surface area (Å²) in [5.41, 5.74) is 0. The van der Waals surface area contributed by atoms with E-state index in [1.807, 2.05) is 6.92 Å². The monoisotopic (exact) mass is 302 g/mol. The molecule has 7 nitrogen and oxygen atoms in total. The summed E-state index contributed by atoms with van der Waals surface area (Å²) >= 11 is 1.28. The van der Waals surface area contributed by atoms with Gasteiger partial charge in [-0.1, -0.05) is 0 Å². The Kier molecular flexibility index (Phi) is 8.05. The number of amides is 3. The SMILES string of the molecule is CCNC(=O)CSCC(=O)NCCN1CCNCC1=O. The second kappa shape index (κ2) is 9.60. The highest BCUT2D eigenvalue weighted by Gasteiger charge is 2.16. The first-order chi connectivity index (χ1) is 9.63. The smallest absolute Gasteiger partial charge is 0.236 e. The number of rotatable bonds is 8. The van der Waals surface area contributed by atoms with Gasteiger partial charge >= 0.3 is 0 Å². The molecule has 0 bridgehead atoms. The predicted octanol–water partition coefficient (Wildman–Crippen LogP) is -1.60. The first kappa shape index (κ1) is 16.8. The normalized spacial score (nSPS) is 15.1. The predicted molar refractivity (Wildman–Crippen MR) is 78.5 cm³/mol. The third-order valence-electron chi connectivity index (χ3n) is 2.73. The van der Waals surface area contributed by atoms with Crippen molar-refractivity contribution in [3.63, 3.8) is 0 Å². The van der Waals surface area contributed by atoms with Gasteiger partial charge in [-0.3, -0.25) is 14.4 Å². The fourth-order valence-corrected chi connectivity index (χ4v) is 2.43. The van der Waals surface area contributed by atoms with Gasteiger partial charge in [0.15, 0.2) is 0 Å². The maximum Gasteiger partial charge on any atom is 0.236 e. The molecule has 0 radical (unpaired) electrons. The molecule has 1 aliphatic heterocycles. The molecule has 3 N–H and O–H groups in total. The average molecular weight is 302 g/mol. The van der Waals surface area contributed by atoms with Crippen molar-refractivity contribution in [2.45, 2.75) is 6.92 Å². The molecule has 1 rings (SSSR count). The van der Waals surface area contributed by atoms with Crippen molar-refractivity contribution in [3.8, 4) is 0 Å². The molecule has 0 aromatic carbocycles. The van der Waals surface area contributed by atoms with Crippen LogP contribution in [0.1, 0.15) is 6.92 Å². The van der Waals surface area contributed by atoms with Gasteiger partial charge in [0.1, 0.15) is 0 Å². The number of hydrogen-bond donors (Lipinski definition) is 3. The molecule has 1 aliphatic rings. The summed E-state index contributed by atoms with van der Waals surface area (Å²) in [4.78, 5) is 35.9. The minimum absolute atomic E-state index is 0.0586. The summed E-state index contributed by atoms with van der Waals surface area (Å²) in [5.74, 6) is 0.444. The Labute approximate surface area is 123 Å². The van der Waals surface area contributed by atoms with Gasteiger partial charge in [-0.05, 0) is 6.92 Å². The van der Waals surface area contributed by atoms with Gasteiger partial charge in [-0.2, -0.15) is 0 Å². The Balaban J connectivity index is 2.05. The van der Waals surface area contributed by atoms with Crippen molar-refractivity contribution in [3.05, 3.63) is 0 Å². The van der Waals surface area contributed by atoms with Gasteiger partial charge in [-0.15, -0.1) is 11.8 Å². The van der Waals surface area contributed by atoms with Crippen molar-refractivity contribution in [1.29, 1.82) is 0 Å². The highest BCUT2D eigenvalue weighted by Crippen LogP contribution is 1.98. The van der Waals surface area contributed by atoms with Gasteiger partial charge in [0.25, 0.3) is 0 Å². The van der Waals surface area contributed by atoms with Gasteiger partial charge in [0, 0.05) is 32.7 Å². The second-order valence-corrected chi connectivity index (χ2v) is 5.34. The number of thioether (sulfide) groups is 1. The maximum atomic E-state index is 11.5. The molecule has 0 atom stereocenters. The van der Waals surface area contributed by atoms with Crippen LogP contribution in [0.25, 0.3) is 0 Å². The van der Waals surface area contributed by atoms with E-state index < -0.39 is 0 Å². The quantitative estimate of drug-likeness (QED) is 0.503. The summed E-state index contributed by atoms with van der Waals surface area (Å²) in [5, 5.41) is 8.41. The van der Waals surface area contributed by atoms with E-state index in [0.29, 0.717) is 32.7 Å². The van der Waals surface area contributed by atoms with Crippen LogP contribution >= 0.6 is 11.8 Å². The minimum Gasteiger partial charge on any atom is -0.356 e. The zero-order chi connectivity index (χ0) is 14.8. The first-order valence-electron chi connectivity index (χ1n) is 6.73. The molecule has 114 valence electrons. The molecule has 20 heavy (non-hydrogen) atoms. The molecule has 1 saturated heterocycles. The zero-order valence-corrected chi connectivity index (χ0v) is 12.6. The molecular weight excluding hydrogens is 280 g/mol. The number of nitrogens with one attached hydrogen (secondary N) is 3. The van der Waals surface area contributed by atoms with E-state index in [2.05, 4.69) is 16.0 Å². The highest BCUT2D eigenvalue weighted by molar-refractivity contribution is 8.00. The third kappa shape index (κ3) is 6.76. The average Bonchev–Trinajstić information content (AvgIpc) is 2.41. The van der Waals surface area contributed by atoms with Gasteiger partial charge < -0.3 is 20.9 Å². The lowest BCUT2D eigenvalue weighted by Crippen LogP contribution is -2.50. The van der Waals surface area contributed by atoms with Crippen LogP contribution in [-0.2, 0) is 14.4 Å². The molecule has 0 saturated carbocycles. The van der Waals surface area contributed by atoms with Crippen molar-refractivity contribution >= 4 is 29.5 Å². The van der Waals surface area contributed by atoms with Crippen molar-refractivity contribution in [2.75, 3.05) is 50.8 Å². The summed E-state index contributed by atoms with van der Waals surface area (Å²) in [6.45, 7) is 5.29. The summed E-state index contributed by atoms with van der Waals surface area (Å²) < 4.78 is 0. The Hall–Kier alpha value is -1.28. The minimum atomic E-state index is -0.109. The van der Waals surface area contributed by atoms with E-state index >= 15 is 0 Å². The standard InChI is InChI=1S/C12H22N4O3S/c1-2-14-10(17)8-20-9-11(18)15-4-6-16-5-3-13-7-12(16)19/h13H,2-9H2,1H3,(H,14,17)(H,15,18). The molecule has 3 amide bonds. The van der Waals surface area contributed by atoms with Crippen LogP contribution < -0.4 is 16.0 Å². The highest BCUT2D eigenvalue weighted by atomic mass is 32.2. The first-order valence-corrected chi connectivity index (χ1v) is 7.88. The Morgan fingerprint density at radius 2 is 2.00 bits per heavy atom. The van der Waals surface area contributed by atoms with E-state index in [0.717, 1.165) is 6.54 Å². The lowest BCUT2D eigenvalue weighted by molar-refractivity contribution is -0.132. The van der Waals surface area contributed by atoms with Gasteiger partial charge in [0.05, 0.1) is 18.1 Å². The molecule has 0 aromatic heterocycles. The lowest BCUT2D eigenvalue weighted by atomic mass is 10.3. The van der Waals surface area contributed by atoms with Crippen molar-refractivity contribution in [2.24, 2.45) is 0 Å². The summed E-state index contributed by atoms with van der Waals surface area (Å²) in [6.07, 6.45) is 0. The topological polar surface area (TPSA) is 90.5 Å². The molecule has 0 spiro atoms. The molecular formula is C12H22N4O3S. The number of piperazine rings is 1. The molecule has 8 heteroatoms. The van der Waals surface area contributed by atoms with Gasteiger partial charge in [-0.25, -0.2) is 0 Å². The van der Waals surface area contributed by atoms with Crippen molar-refractivity contribution in [1.82, 2.24) is 20.9 Å². The number of nitrogens with zero attached hydrogens (tertiary/aromatic N) is 1. The van der Waals surface area contributed by atoms with E-state index in [1.165, 1.54) is 11.8 Å².